The minimum absolute atomic E-state index is 0.344. The Balaban J connectivity index is 1.88. The molecule has 1 aliphatic heterocycles. The molecule has 0 saturated carbocycles. The van der Waals surface area contributed by atoms with E-state index in [0.29, 0.717) is 17.8 Å². The van der Waals surface area contributed by atoms with Gasteiger partial charge in [-0.05, 0) is 32.0 Å². The molecule has 1 fully saturated rings. The SMILES string of the molecule is CC1NCCC1c1nc(-c2ccc[nH]2)no1. The van der Waals surface area contributed by atoms with Crippen LogP contribution in [-0.4, -0.2) is 27.7 Å². The fraction of sp³-hybridized carbons (Fsp3) is 0.455. The zero-order chi connectivity index (χ0) is 11.0. The maximum Gasteiger partial charge on any atom is 0.231 e. The summed E-state index contributed by atoms with van der Waals surface area (Å²) >= 11 is 0. The molecule has 1 aliphatic rings. The summed E-state index contributed by atoms with van der Waals surface area (Å²) in [6, 6.07) is 4.27. The molecule has 3 heterocycles. The first kappa shape index (κ1) is 9.59. The van der Waals surface area contributed by atoms with Crippen molar-refractivity contribution in [1.29, 1.82) is 0 Å². The lowest BCUT2D eigenvalue weighted by Gasteiger charge is -2.08. The van der Waals surface area contributed by atoms with Crippen molar-refractivity contribution in [3.63, 3.8) is 0 Å². The Labute approximate surface area is 93.3 Å². The molecular weight excluding hydrogens is 204 g/mol. The molecule has 0 spiro atoms. The van der Waals surface area contributed by atoms with E-state index < -0.39 is 0 Å². The van der Waals surface area contributed by atoms with Crippen LogP contribution in [0.5, 0.6) is 0 Å². The quantitative estimate of drug-likeness (QED) is 0.802. The van der Waals surface area contributed by atoms with Crippen molar-refractivity contribution < 1.29 is 4.52 Å². The Kier molecular flexibility index (Phi) is 2.25. The summed E-state index contributed by atoms with van der Waals surface area (Å²) in [4.78, 5) is 7.50. The first-order valence-corrected chi connectivity index (χ1v) is 5.55. The fourth-order valence-electron chi connectivity index (χ4n) is 2.16. The van der Waals surface area contributed by atoms with Gasteiger partial charge in [0.2, 0.25) is 11.7 Å². The van der Waals surface area contributed by atoms with Crippen LogP contribution in [-0.2, 0) is 0 Å². The third kappa shape index (κ3) is 1.53. The Hall–Kier alpha value is -1.62. The Bertz CT molecular complexity index is 462. The number of hydrogen-bond acceptors (Lipinski definition) is 4. The first-order valence-electron chi connectivity index (χ1n) is 5.55. The van der Waals surface area contributed by atoms with Gasteiger partial charge in [-0.3, -0.25) is 0 Å². The second-order valence-electron chi connectivity index (χ2n) is 4.18. The zero-order valence-corrected chi connectivity index (χ0v) is 9.10. The van der Waals surface area contributed by atoms with E-state index in [2.05, 4.69) is 27.4 Å². The van der Waals surface area contributed by atoms with Gasteiger partial charge < -0.3 is 14.8 Å². The third-order valence-electron chi connectivity index (χ3n) is 3.12. The second kappa shape index (κ2) is 3.75. The lowest BCUT2D eigenvalue weighted by atomic mass is 10.0. The molecule has 2 N–H and O–H groups in total. The molecule has 84 valence electrons. The highest BCUT2D eigenvalue weighted by Gasteiger charge is 2.29. The highest BCUT2D eigenvalue weighted by atomic mass is 16.5. The maximum atomic E-state index is 5.32. The summed E-state index contributed by atoms with van der Waals surface area (Å²) in [7, 11) is 0. The minimum Gasteiger partial charge on any atom is -0.359 e. The Morgan fingerprint density at radius 3 is 3.12 bits per heavy atom. The average Bonchev–Trinajstić information content (AvgIpc) is 2.96. The molecule has 5 heteroatoms. The van der Waals surface area contributed by atoms with Crippen LogP contribution in [0.2, 0.25) is 0 Å². The molecule has 2 aromatic rings. The molecule has 16 heavy (non-hydrogen) atoms. The Morgan fingerprint density at radius 1 is 1.50 bits per heavy atom. The van der Waals surface area contributed by atoms with Crippen molar-refractivity contribution in [2.75, 3.05) is 6.54 Å². The van der Waals surface area contributed by atoms with Crippen LogP contribution >= 0.6 is 0 Å². The molecule has 0 amide bonds. The molecule has 1 saturated heterocycles. The van der Waals surface area contributed by atoms with Crippen molar-refractivity contribution >= 4 is 0 Å². The van der Waals surface area contributed by atoms with Crippen molar-refractivity contribution in [2.45, 2.75) is 25.3 Å². The van der Waals surface area contributed by atoms with Gasteiger partial charge in [-0.25, -0.2) is 0 Å². The normalized spacial score (nSPS) is 25.1. The van der Waals surface area contributed by atoms with Crippen LogP contribution in [0.3, 0.4) is 0 Å². The number of nitrogens with zero attached hydrogens (tertiary/aromatic N) is 2. The smallest absolute Gasteiger partial charge is 0.231 e. The second-order valence-corrected chi connectivity index (χ2v) is 4.18. The molecule has 2 unspecified atom stereocenters. The molecule has 3 rings (SSSR count). The molecule has 2 aromatic heterocycles. The maximum absolute atomic E-state index is 5.32. The molecule has 0 aliphatic carbocycles. The van der Waals surface area contributed by atoms with E-state index in [1.165, 1.54) is 0 Å². The van der Waals surface area contributed by atoms with Crippen LogP contribution in [0.1, 0.15) is 25.2 Å². The van der Waals surface area contributed by atoms with Gasteiger partial charge in [-0.2, -0.15) is 4.98 Å². The number of rotatable bonds is 2. The number of aromatic nitrogens is 3. The Morgan fingerprint density at radius 2 is 2.44 bits per heavy atom. The number of hydrogen-bond donors (Lipinski definition) is 2. The highest BCUT2D eigenvalue weighted by Crippen LogP contribution is 2.27. The van der Waals surface area contributed by atoms with Gasteiger partial charge in [0.05, 0.1) is 11.6 Å². The largest absolute Gasteiger partial charge is 0.359 e. The predicted octanol–water partition coefficient (Wildman–Crippen LogP) is 1.53. The van der Waals surface area contributed by atoms with E-state index in [4.69, 9.17) is 4.52 Å². The van der Waals surface area contributed by atoms with Crippen LogP contribution in [0, 0.1) is 0 Å². The summed E-state index contributed by atoms with van der Waals surface area (Å²) in [5.41, 5.74) is 0.897. The van der Waals surface area contributed by atoms with E-state index in [-0.39, 0.29) is 0 Å². The topological polar surface area (TPSA) is 66.7 Å². The van der Waals surface area contributed by atoms with E-state index in [1.807, 2.05) is 18.3 Å². The van der Waals surface area contributed by atoms with Crippen molar-refractivity contribution in [1.82, 2.24) is 20.4 Å². The van der Waals surface area contributed by atoms with E-state index in [9.17, 15) is 0 Å². The van der Waals surface area contributed by atoms with Gasteiger partial charge in [0, 0.05) is 12.2 Å². The monoisotopic (exact) mass is 218 g/mol. The standard InChI is InChI=1S/C11H14N4O/c1-7-8(4-6-12-7)11-14-10(15-16-11)9-3-2-5-13-9/h2-3,5,7-8,12-13H,4,6H2,1H3. The average molecular weight is 218 g/mol. The van der Waals surface area contributed by atoms with Gasteiger partial charge >= 0.3 is 0 Å². The molecule has 0 aromatic carbocycles. The molecular formula is C11H14N4O. The molecule has 5 nitrogen and oxygen atoms in total. The van der Waals surface area contributed by atoms with Crippen LogP contribution in [0.15, 0.2) is 22.9 Å². The number of aromatic amines is 1. The van der Waals surface area contributed by atoms with Crippen molar-refractivity contribution in [3.8, 4) is 11.5 Å². The molecule has 0 bridgehead atoms. The zero-order valence-electron chi connectivity index (χ0n) is 9.10. The number of nitrogens with one attached hydrogen (secondary N) is 2. The third-order valence-corrected chi connectivity index (χ3v) is 3.12. The van der Waals surface area contributed by atoms with E-state index in [0.717, 1.165) is 24.6 Å². The van der Waals surface area contributed by atoms with Crippen LogP contribution < -0.4 is 5.32 Å². The molecule has 0 radical (unpaired) electrons. The van der Waals surface area contributed by atoms with Gasteiger partial charge in [0.25, 0.3) is 0 Å². The highest BCUT2D eigenvalue weighted by molar-refractivity contribution is 5.47. The van der Waals surface area contributed by atoms with Crippen LogP contribution in [0.4, 0.5) is 0 Å². The first-order chi connectivity index (χ1) is 7.84. The van der Waals surface area contributed by atoms with Crippen molar-refractivity contribution in [3.05, 3.63) is 24.2 Å². The predicted molar refractivity (Wildman–Crippen MR) is 58.9 cm³/mol. The minimum atomic E-state index is 0.344. The summed E-state index contributed by atoms with van der Waals surface area (Å²) in [5, 5.41) is 7.37. The van der Waals surface area contributed by atoms with Gasteiger partial charge in [0.1, 0.15) is 0 Å². The van der Waals surface area contributed by atoms with Crippen LogP contribution in [0.25, 0.3) is 11.5 Å². The fourth-order valence-corrected chi connectivity index (χ4v) is 2.16. The van der Waals surface area contributed by atoms with Gasteiger partial charge in [0.15, 0.2) is 0 Å². The van der Waals surface area contributed by atoms with E-state index >= 15 is 0 Å². The summed E-state index contributed by atoms with van der Waals surface area (Å²) < 4.78 is 5.32. The number of H-pyrrole nitrogens is 1. The van der Waals surface area contributed by atoms with Gasteiger partial charge in [-0.15, -0.1) is 0 Å². The van der Waals surface area contributed by atoms with Gasteiger partial charge in [-0.1, -0.05) is 5.16 Å². The van der Waals surface area contributed by atoms with E-state index in [1.54, 1.807) is 0 Å². The lowest BCUT2D eigenvalue weighted by molar-refractivity contribution is 0.345. The lowest BCUT2D eigenvalue weighted by Crippen LogP contribution is -2.21. The summed E-state index contributed by atoms with van der Waals surface area (Å²) in [6.45, 7) is 3.17. The summed E-state index contributed by atoms with van der Waals surface area (Å²) in [5.74, 6) is 1.72. The summed E-state index contributed by atoms with van der Waals surface area (Å²) in [6.07, 6.45) is 2.92. The van der Waals surface area contributed by atoms with Crippen molar-refractivity contribution in [2.24, 2.45) is 0 Å². The molecule has 2 atom stereocenters.